The fourth-order valence-corrected chi connectivity index (χ4v) is 4.41. The Balaban J connectivity index is 1.62. The van der Waals surface area contributed by atoms with Gasteiger partial charge < -0.3 is 9.64 Å². The number of benzene rings is 2. The second kappa shape index (κ2) is 11.2. The predicted octanol–water partition coefficient (Wildman–Crippen LogP) is 5.49. The van der Waals surface area contributed by atoms with Gasteiger partial charge in [0.15, 0.2) is 0 Å². The maximum atomic E-state index is 13.6. The van der Waals surface area contributed by atoms with Gasteiger partial charge in [0.2, 0.25) is 11.9 Å². The van der Waals surface area contributed by atoms with E-state index in [0.717, 1.165) is 5.56 Å². The van der Waals surface area contributed by atoms with Crippen LogP contribution < -0.4 is 10.1 Å². The van der Waals surface area contributed by atoms with Crippen LogP contribution in [0.25, 0.3) is 16.9 Å². The lowest BCUT2D eigenvalue weighted by atomic mass is 10.1. The first kappa shape index (κ1) is 25.1. The molecule has 0 aliphatic carbocycles. The molecule has 0 aliphatic rings. The Morgan fingerprint density at radius 1 is 1.11 bits per heavy atom. The minimum absolute atomic E-state index is 0.122. The van der Waals surface area contributed by atoms with E-state index in [1.54, 1.807) is 41.0 Å². The van der Waals surface area contributed by atoms with Crippen molar-refractivity contribution in [3.8, 4) is 22.7 Å². The molecule has 36 heavy (non-hydrogen) atoms. The summed E-state index contributed by atoms with van der Waals surface area (Å²) in [5.74, 6) is 0.239. The highest BCUT2D eigenvalue weighted by molar-refractivity contribution is 7.12. The molecule has 0 radical (unpaired) electrons. The lowest BCUT2D eigenvalue weighted by molar-refractivity contribution is -0.117. The molecule has 2 heterocycles. The van der Waals surface area contributed by atoms with Crippen molar-refractivity contribution in [1.29, 1.82) is 0 Å². The summed E-state index contributed by atoms with van der Waals surface area (Å²) in [4.78, 5) is 32.9. The fraction of sp³-hybridized carbons (Fsp3) is 0.222. The van der Waals surface area contributed by atoms with Crippen LogP contribution in [0.5, 0.6) is 5.75 Å². The van der Waals surface area contributed by atoms with Gasteiger partial charge in [0.05, 0.1) is 17.7 Å². The summed E-state index contributed by atoms with van der Waals surface area (Å²) in [5.41, 5.74) is 2.07. The van der Waals surface area contributed by atoms with Crippen LogP contribution in [0.4, 0.5) is 10.3 Å². The smallest absolute Gasteiger partial charge is 0.264 e. The van der Waals surface area contributed by atoms with E-state index in [-0.39, 0.29) is 36.0 Å². The Morgan fingerprint density at radius 3 is 2.44 bits per heavy atom. The van der Waals surface area contributed by atoms with Gasteiger partial charge in [0.25, 0.3) is 5.91 Å². The Labute approximate surface area is 213 Å². The summed E-state index contributed by atoms with van der Waals surface area (Å²) < 4.78 is 20.5. The molecule has 0 atom stereocenters. The number of nitrogens with one attached hydrogen (secondary N) is 1. The van der Waals surface area contributed by atoms with Crippen LogP contribution in [0.3, 0.4) is 0 Å². The highest BCUT2D eigenvalue weighted by Gasteiger charge is 2.22. The van der Waals surface area contributed by atoms with E-state index in [1.807, 2.05) is 49.6 Å². The van der Waals surface area contributed by atoms with Crippen molar-refractivity contribution >= 4 is 29.1 Å². The monoisotopic (exact) mass is 506 g/mol. The molecule has 186 valence electrons. The van der Waals surface area contributed by atoms with Crippen LogP contribution in [0.15, 0.2) is 72.2 Å². The zero-order valence-corrected chi connectivity index (χ0v) is 21.1. The number of anilines is 1. The van der Waals surface area contributed by atoms with E-state index >= 15 is 0 Å². The topological polar surface area (TPSA) is 76.5 Å². The standard InChI is InChI=1S/C27H27FN4O3S/c1-18(2)15-31(26(34)24-5-4-14-36-24)17-25(33)30-27-29-23(19-6-12-22(35-3)13-7-19)16-32(27)21-10-8-20(28)9-11-21/h4-14,16,18H,15,17H2,1-3H3,(H,29,30,33). The minimum Gasteiger partial charge on any atom is -0.497 e. The summed E-state index contributed by atoms with van der Waals surface area (Å²) in [7, 11) is 1.59. The van der Waals surface area contributed by atoms with Gasteiger partial charge in [-0.15, -0.1) is 11.3 Å². The number of carbonyl (C=O) groups is 2. The van der Waals surface area contributed by atoms with Crippen molar-refractivity contribution in [2.75, 3.05) is 25.5 Å². The number of hydrogen-bond donors (Lipinski definition) is 1. The van der Waals surface area contributed by atoms with Crippen LogP contribution in [0, 0.1) is 11.7 Å². The van der Waals surface area contributed by atoms with Gasteiger partial charge in [-0.05, 0) is 65.9 Å². The van der Waals surface area contributed by atoms with Crippen LogP contribution in [-0.4, -0.2) is 46.5 Å². The third-order valence-electron chi connectivity index (χ3n) is 5.39. The third-order valence-corrected chi connectivity index (χ3v) is 6.24. The molecule has 0 unspecified atom stereocenters. The van der Waals surface area contributed by atoms with E-state index < -0.39 is 0 Å². The van der Waals surface area contributed by atoms with Gasteiger partial charge in [-0.1, -0.05) is 19.9 Å². The Kier molecular flexibility index (Phi) is 7.80. The number of imidazole rings is 1. The number of halogens is 1. The van der Waals surface area contributed by atoms with Crippen molar-refractivity contribution in [1.82, 2.24) is 14.5 Å². The zero-order chi connectivity index (χ0) is 25.7. The third kappa shape index (κ3) is 5.98. The van der Waals surface area contributed by atoms with E-state index in [0.29, 0.717) is 28.6 Å². The molecule has 7 nitrogen and oxygen atoms in total. The molecule has 4 aromatic rings. The van der Waals surface area contributed by atoms with Gasteiger partial charge in [-0.25, -0.2) is 9.37 Å². The average Bonchev–Trinajstić information content (AvgIpc) is 3.54. The largest absolute Gasteiger partial charge is 0.497 e. The second-order valence-electron chi connectivity index (χ2n) is 8.63. The van der Waals surface area contributed by atoms with E-state index in [2.05, 4.69) is 10.3 Å². The van der Waals surface area contributed by atoms with Crippen LogP contribution in [0.2, 0.25) is 0 Å². The number of ether oxygens (including phenoxy) is 1. The fourth-order valence-electron chi connectivity index (χ4n) is 3.72. The van der Waals surface area contributed by atoms with E-state index in [1.165, 1.54) is 23.5 Å². The summed E-state index contributed by atoms with van der Waals surface area (Å²) in [5, 5.41) is 4.68. The van der Waals surface area contributed by atoms with Crippen molar-refractivity contribution in [2.45, 2.75) is 13.8 Å². The maximum Gasteiger partial charge on any atom is 0.264 e. The molecule has 4 rings (SSSR count). The lowest BCUT2D eigenvalue weighted by Crippen LogP contribution is -2.40. The number of thiophene rings is 1. The highest BCUT2D eigenvalue weighted by Crippen LogP contribution is 2.26. The Morgan fingerprint density at radius 2 is 1.83 bits per heavy atom. The summed E-state index contributed by atoms with van der Waals surface area (Å²) >= 11 is 1.34. The molecule has 0 aliphatic heterocycles. The first-order valence-electron chi connectivity index (χ1n) is 11.5. The van der Waals surface area contributed by atoms with Gasteiger partial charge in [0.1, 0.15) is 18.1 Å². The average molecular weight is 507 g/mol. The Hall–Kier alpha value is -3.98. The van der Waals surface area contributed by atoms with E-state index in [4.69, 9.17) is 4.74 Å². The summed E-state index contributed by atoms with van der Waals surface area (Å²) in [6.45, 7) is 4.31. The molecule has 1 N–H and O–H groups in total. The molecule has 0 fully saturated rings. The molecule has 2 aromatic carbocycles. The van der Waals surface area contributed by atoms with Gasteiger partial charge >= 0.3 is 0 Å². The number of nitrogens with zero attached hydrogens (tertiary/aromatic N) is 3. The molecule has 0 bridgehead atoms. The van der Waals surface area contributed by atoms with Gasteiger partial charge in [-0.2, -0.15) is 0 Å². The van der Waals surface area contributed by atoms with Crippen LogP contribution >= 0.6 is 11.3 Å². The minimum atomic E-state index is -0.379. The summed E-state index contributed by atoms with van der Waals surface area (Å²) in [6.07, 6.45) is 1.77. The van der Waals surface area contributed by atoms with Gasteiger partial charge in [-0.3, -0.25) is 19.5 Å². The second-order valence-corrected chi connectivity index (χ2v) is 9.58. The SMILES string of the molecule is COc1ccc(-c2cn(-c3ccc(F)cc3)c(NC(=O)CN(CC(C)C)C(=O)c3cccs3)n2)cc1. The number of rotatable bonds is 9. The number of hydrogen-bond acceptors (Lipinski definition) is 5. The van der Waals surface area contributed by atoms with Crippen LogP contribution in [0.1, 0.15) is 23.5 Å². The van der Waals surface area contributed by atoms with Crippen molar-refractivity contribution in [3.05, 3.63) is 82.9 Å². The van der Waals surface area contributed by atoms with Gasteiger partial charge in [0, 0.05) is 24.0 Å². The quantitative estimate of drug-likeness (QED) is 0.326. The predicted molar refractivity (Wildman–Crippen MR) is 139 cm³/mol. The maximum absolute atomic E-state index is 13.6. The molecular weight excluding hydrogens is 479 g/mol. The first-order valence-corrected chi connectivity index (χ1v) is 12.3. The van der Waals surface area contributed by atoms with E-state index in [9.17, 15) is 14.0 Å². The first-order chi connectivity index (χ1) is 17.3. The van der Waals surface area contributed by atoms with Crippen LogP contribution in [-0.2, 0) is 4.79 Å². The highest BCUT2D eigenvalue weighted by atomic mass is 32.1. The number of amides is 2. The zero-order valence-electron chi connectivity index (χ0n) is 20.3. The van der Waals surface area contributed by atoms with Crippen molar-refractivity contribution < 1.29 is 18.7 Å². The molecular formula is C27H27FN4O3S. The Bertz CT molecular complexity index is 1320. The molecule has 0 spiro atoms. The molecule has 2 aromatic heterocycles. The number of aromatic nitrogens is 2. The number of carbonyl (C=O) groups excluding carboxylic acids is 2. The summed E-state index contributed by atoms with van der Waals surface area (Å²) in [6, 6.07) is 16.8. The normalized spacial score (nSPS) is 10.9. The lowest BCUT2D eigenvalue weighted by Gasteiger charge is -2.23. The molecule has 0 saturated heterocycles. The molecule has 9 heteroatoms. The number of methoxy groups -OCH3 is 1. The molecule has 0 saturated carbocycles. The van der Waals surface area contributed by atoms with Crippen molar-refractivity contribution in [3.63, 3.8) is 0 Å². The van der Waals surface area contributed by atoms with Crippen molar-refractivity contribution in [2.24, 2.45) is 5.92 Å². The molecule has 2 amide bonds.